The lowest BCUT2D eigenvalue weighted by Crippen LogP contribution is -2.52. The molecule has 0 saturated carbocycles. The Balaban J connectivity index is 1.50. The molecular weight excluding hydrogens is 328 g/mol. The first-order valence-corrected chi connectivity index (χ1v) is 8.80. The third-order valence-corrected chi connectivity index (χ3v) is 4.75. The summed E-state index contributed by atoms with van der Waals surface area (Å²) >= 11 is 0. The van der Waals surface area contributed by atoms with Crippen molar-refractivity contribution in [2.24, 2.45) is 0 Å². The number of ether oxygens (including phenoxy) is 1. The van der Waals surface area contributed by atoms with Crippen molar-refractivity contribution in [3.05, 3.63) is 54.6 Å². The van der Waals surface area contributed by atoms with Gasteiger partial charge in [-0.3, -0.25) is 0 Å². The Hall–Kier alpha value is -3.02. The minimum absolute atomic E-state index is 0.259. The van der Waals surface area contributed by atoms with Gasteiger partial charge in [0.2, 0.25) is 0 Å². The second-order valence-electron chi connectivity index (χ2n) is 6.43. The Morgan fingerprint density at radius 3 is 2.58 bits per heavy atom. The Morgan fingerprint density at radius 2 is 1.81 bits per heavy atom. The number of benzene rings is 2. The zero-order chi connectivity index (χ0) is 17.9. The van der Waals surface area contributed by atoms with Gasteiger partial charge < -0.3 is 19.1 Å². The number of piperazine rings is 1. The summed E-state index contributed by atoms with van der Waals surface area (Å²) in [5.74, 6) is 2.11. The van der Waals surface area contributed by atoms with Crippen molar-refractivity contribution in [1.29, 1.82) is 0 Å². The van der Waals surface area contributed by atoms with Crippen molar-refractivity contribution >= 4 is 11.6 Å². The summed E-state index contributed by atoms with van der Waals surface area (Å²) in [6, 6.07) is 18.2. The number of anilines is 2. The fraction of sp³-hybridized carbons (Fsp3) is 0.300. The summed E-state index contributed by atoms with van der Waals surface area (Å²) in [5, 5.41) is 4.19. The molecule has 6 heteroatoms. The second-order valence-corrected chi connectivity index (χ2v) is 6.43. The first kappa shape index (κ1) is 16.4. The van der Waals surface area contributed by atoms with Gasteiger partial charge in [0.25, 0.3) is 11.8 Å². The van der Waals surface area contributed by atoms with E-state index in [0.29, 0.717) is 11.8 Å². The van der Waals surface area contributed by atoms with Crippen LogP contribution in [0.5, 0.6) is 5.75 Å². The monoisotopic (exact) mass is 350 g/mol. The van der Waals surface area contributed by atoms with Gasteiger partial charge in [-0.05, 0) is 36.3 Å². The minimum Gasteiger partial charge on any atom is -0.495 e. The van der Waals surface area contributed by atoms with E-state index in [2.05, 4.69) is 32.9 Å². The third-order valence-electron chi connectivity index (χ3n) is 4.75. The largest absolute Gasteiger partial charge is 0.495 e. The van der Waals surface area contributed by atoms with Crippen LogP contribution < -0.4 is 14.5 Å². The normalized spacial score (nSPS) is 17.4. The number of methoxy groups -OCH3 is 1. The maximum absolute atomic E-state index is 5.50. The molecule has 0 amide bonds. The smallest absolute Gasteiger partial charge is 0.266 e. The molecule has 1 aliphatic rings. The molecule has 4 rings (SSSR count). The standard InChI is InChI=1S/C20H22N4O2/c1-15-14-23(17-10-6-7-11-18(17)25-2)12-13-24(15)20-21-19(26-22-20)16-8-4-3-5-9-16/h3-11,15H,12-14H2,1-2H3. The molecule has 0 bridgehead atoms. The zero-order valence-corrected chi connectivity index (χ0v) is 15.0. The molecule has 6 nitrogen and oxygen atoms in total. The average molecular weight is 350 g/mol. The van der Waals surface area contributed by atoms with Crippen LogP contribution in [0.25, 0.3) is 11.5 Å². The number of aromatic nitrogens is 2. The quantitative estimate of drug-likeness (QED) is 0.718. The van der Waals surface area contributed by atoms with Crippen molar-refractivity contribution in [3.63, 3.8) is 0 Å². The summed E-state index contributed by atoms with van der Waals surface area (Å²) in [6.45, 7) is 4.75. The molecule has 0 radical (unpaired) electrons. The highest BCUT2D eigenvalue weighted by atomic mass is 16.5. The van der Waals surface area contributed by atoms with Crippen LogP contribution in [0.4, 0.5) is 11.6 Å². The highest BCUT2D eigenvalue weighted by Crippen LogP contribution is 2.30. The number of hydrogen-bond acceptors (Lipinski definition) is 6. The molecule has 1 atom stereocenters. The molecule has 0 spiro atoms. The maximum atomic E-state index is 5.50. The Labute approximate surface area is 153 Å². The summed E-state index contributed by atoms with van der Waals surface area (Å²) in [7, 11) is 1.71. The van der Waals surface area contributed by atoms with Crippen LogP contribution in [-0.2, 0) is 0 Å². The van der Waals surface area contributed by atoms with Crippen LogP contribution in [0.2, 0.25) is 0 Å². The van der Waals surface area contributed by atoms with Gasteiger partial charge in [-0.1, -0.05) is 30.3 Å². The Morgan fingerprint density at radius 1 is 1.04 bits per heavy atom. The fourth-order valence-electron chi connectivity index (χ4n) is 3.39. The second kappa shape index (κ2) is 7.07. The van der Waals surface area contributed by atoms with Gasteiger partial charge in [0, 0.05) is 31.2 Å². The molecule has 1 saturated heterocycles. The van der Waals surface area contributed by atoms with E-state index in [1.165, 1.54) is 0 Å². The molecule has 0 N–H and O–H groups in total. The van der Waals surface area contributed by atoms with E-state index >= 15 is 0 Å². The molecule has 0 aliphatic carbocycles. The van der Waals surface area contributed by atoms with E-state index in [1.807, 2.05) is 48.5 Å². The lowest BCUT2D eigenvalue weighted by molar-refractivity contribution is 0.410. The van der Waals surface area contributed by atoms with Gasteiger partial charge in [0.1, 0.15) is 5.75 Å². The predicted molar refractivity (Wildman–Crippen MR) is 102 cm³/mol. The van der Waals surface area contributed by atoms with Crippen molar-refractivity contribution in [3.8, 4) is 17.2 Å². The predicted octanol–water partition coefficient (Wildman–Crippen LogP) is 3.46. The van der Waals surface area contributed by atoms with E-state index in [9.17, 15) is 0 Å². The highest BCUT2D eigenvalue weighted by molar-refractivity contribution is 5.60. The lowest BCUT2D eigenvalue weighted by atomic mass is 10.1. The number of para-hydroxylation sites is 2. The molecule has 1 aromatic heterocycles. The third kappa shape index (κ3) is 3.10. The maximum Gasteiger partial charge on any atom is 0.266 e. The van der Waals surface area contributed by atoms with E-state index in [-0.39, 0.29) is 6.04 Å². The summed E-state index contributed by atoms with van der Waals surface area (Å²) < 4.78 is 11.0. The van der Waals surface area contributed by atoms with Crippen LogP contribution in [0.15, 0.2) is 59.1 Å². The first-order chi connectivity index (χ1) is 12.8. The molecule has 134 valence electrons. The molecule has 26 heavy (non-hydrogen) atoms. The van der Waals surface area contributed by atoms with Gasteiger partial charge in [-0.15, -0.1) is 0 Å². The highest BCUT2D eigenvalue weighted by Gasteiger charge is 2.28. The lowest BCUT2D eigenvalue weighted by Gasteiger charge is -2.40. The van der Waals surface area contributed by atoms with E-state index in [4.69, 9.17) is 9.26 Å². The fourth-order valence-corrected chi connectivity index (χ4v) is 3.39. The number of rotatable bonds is 4. The van der Waals surface area contributed by atoms with Crippen molar-refractivity contribution in [2.75, 3.05) is 36.5 Å². The van der Waals surface area contributed by atoms with Crippen LogP contribution >= 0.6 is 0 Å². The van der Waals surface area contributed by atoms with Crippen LogP contribution in [-0.4, -0.2) is 42.9 Å². The van der Waals surface area contributed by atoms with E-state index in [1.54, 1.807) is 7.11 Å². The van der Waals surface area contributed by atoms with E-state index in [0.717, 1.165) is 36.6 Å². The average Bonchev–Trinajstić information content (AvgIpc) is 3.18. The first-order valence-electron chi connectivity index (χ1n) is 8.80. The van der Waals surface area contributed by atoms with Crippen LogP contribution in [0.1, 0.15) is 6.92 Å². The molecule has 1 aliphatic heterocycles. The Kier molecular flexibility index (Phi) is 4.48. The van der Waals surface area contributed by atoms with Gasteiger partial charge in [0.15, 0.2) is 0 Å². The van der Waals surface area contributed by atoms with Gasteiger partial charge in [0.05, 0.1) is 12.8 Å². The topological polar surface area (TPSA) is 54.6 Å². The van der Waals surface area contributed by atoms with Crippen molar-refractivity contribution < 1.29 is 9.26 Å². The van der Waals surface area contributed by atoms with Gasteiger partial charge in [-0.2, -0.15) is 4.98 Å². The summed E-state index contributed by atoms with van der Waals surface area (Å²) in [6.07, 6.45) is 0. The van der Waals surface area contributed by atoms with Crippen LogP contribution in [0, 0.1) is 0 Å². The summed E-state index contributed by atoms with van der Waals surface area (Å²) in [5.41, 5.74) is 2.06. The van der Waals surface area contributed by atoms with Crippen LogP contribution in [0.3, 0.4) is 0 Å². The minimum atomic E-state index is 0.259. The SMILES string of the molecule is COc1ccccc1N1CCN(c2noc(-c3ccccc3)n2)C(C)C1. The number of nitrogens with zero attached hydrogens (tertiary/aromatic N) is 4. The van der Waals surface area contributed by atoms with Crippen molar-refractivity contribution in [2.45, 2.75) is 13.0 Å². The Bertz CT molecular complexity index is 865. The molecule has 2 aromatic carbocycles. The molecular formula is C20H22N4O2. The summed E-state index contributed by atoms with van der Waals surface area (Å²) in [4.78, 5) is 9.13. The van der Waals surface area contributed by atoms with Gasteiger partial charge >= 0.3 is 0 Å². The van der Waals surface area contributed by atoms with Crippen molar-refractivity contribution in [1.82, 2.24) is 10.1 Å². The molecule has 1 unspecified atom stereocenters. The van der Waals surface area contributed by atoms with Gasteiger partial charge in [-0.25, -0.2) is 0 Å². The zero-order valence-electron chi connectivity index (χ0n) is 15.0. The molecule has 1 fully saturated rings. The molecule has 2 heterocycles. The molecule has 3 aromatic rings. The number of hydrogen-bond donors (Lipinski definition) is 0. The van der Waals surface area contributed by atoms with E-state index < -0.39 is 0 Å².